The summed E-state index contributed by atoms with van der Waals surface area (Å²) in [7, 11) is 0. The average molecular weight is 333 g/mol. The van der Waals surface area contributed by atoms with Crippen LogP contribution in [-0.2, 0) is 20.8 Å². The van der Waals surface area contributed by atoms with Crippen LogP contribution in [0.2, 0.25) is 0 Å². The maximum Gasteiger partial charge on any atom is 0.326 e. The summed E-state index contributed by atoms with van der Waals surface area (Å²) in [4.78, 5) is 36.9. The molecule has 0 aliphatic carbocycles. The van der Waals surface area contributed by atoms with Crippen molar-refractivity contribution in [3.8, 4) is 0 Å². The molecular weight excluding hydrogens is 314 g/mol. The predicted octanol–water partition coefficient (Wildman–Crippen LogP) is 0.472. The number of H-pyrrole nitrogens is 1. The first-order chi connectivity index (χ1) is 11.4. The summed E-state index contributed by atoms with van der Waals surface area (Å²) in [5.41, 5.74) is 7.24. The first-order valence-electron chi connectivity index (χ1n) is 7.44. The molecule has 1 aromatic carbocycles. The molecule has 0 radical (unpaired) electrons. The quantitative estimate of drug-likeness (QED) is 0.475. The van der Waals surface area contributed by atoms with Crippen molar-refractivity contribution in [2.24, 2.45) is 5.73 Å². The molecule has 1 unspecified atom stereocenters. The van der Waals surface area contributed by atoms with Gasteiger partial charge in [-0.25, -0.2) is 4.79 Å². The summed E-state index contributed by atoms with van der Waals surface area (Å²) in [6.07, 6.45) is 1.49. The molecule has 128 valence electrons. The molecule has 0 saturated heterocycles. The van der Waals surface area contributed by atoms with Crippen LogP contribution in [0.4, 0.5) is 0 Å². The Kier molecular flexibility index (Phi) is 5.54. The number of aliphatic carboxylic acids is 2. The standard InChI is InChI=1S/C16H19N3O5/c17-11(5-6-14(20)21)15(22)19-13(16(23)24)7-9-8-18-12-4-2-1-3-10(9)12/h1-4,8,11,13,18H,5-7,17H2,(H,19,22)(H,20,21)(H,23,24)/t11-,13?/m0/s1. The second-order valence-corrected chi connectivity index (χ2v) is 5.50. The van der Waals surface area contributed by atoms with Crippen molar-refractivity contribution in [3.05, 3.63) is 36.0 Å². The minimum absolute atomic E-state index is 0.0550. The second kappa shape index (κ2) is 7.60. The predicted molar refractivity (Wildman–Crippen MR) is 86.4 cm³/mol. The molecule has 1 heterocycles. The summed E-state index contributed by atoms with van der Waals surface area (Å²) in [5.74, 6) is -2.92. The van der Waals surface area contributed by atoms with Crippen LogP contribution < -0.4 is 11.1 Å². The molecule has 0 bridgehead atoms. The number of carbonyl (C=O) groups is 3. The average Bonchev–Trinajstić information content (AvgIpc) is 2.94. The van der Waals surface area contributed by atoms with Gasteiger partial charge in [-0.15, -0.1) is 0 Å². The van der Waals surface area contributed by atoms with Crippen LogP contribution in [0.5, 0.6) is 0 Å². The first-order valence-corrected chi connectivity index (χ1v) is 7.44. The lowest BCUT2D eigenvalue weighted by molar-refractivity contribution is -0.142. The third-order valence-corrected chi connectivity index (χ3v) is 3.72. The van der Waals surface area contributed by atoms with E-state index in [9.17, 15) is 19.5 Å². The Bertz CT molecular complexity index is 755. The third-order valence-electron chi connectivity index (χ3n) is 3.72. The van der Waals surface area contributed by atoms with E-state index in [0.29, 0.717) is 0 Å². The van der Waals surface area contributed by atoms with Gasteiger partial charge in [-0.05, 0) is 18.1 Å². The molecule has 8 heteroatoms. The molecule has 0 spiro atoms. The molecule has 6 N–H and O–H groups in total. The number of hydrogen-bond donors (Lipinski definition) is 5. The number of para-hydroxylation sites is 1. The maximum absolute atomic E-state index is 12.0. The number of hydrogen-bond acceptors (Lipinski definition) is 4. The second-order valence-electron chi connectivity index (χ2n) is 5.50. The fourth-order valence-corrected chi connectivity index (χ4v) is 2.41. The smallest absolute Gasteiger partial charge is 0.326 e. The van der Waals surface area contributed by atoms with E-state index in [1.54, 1.807) is 6.20 Å². The zero-order valence-corrected chi connectivity index (χ0v) is 12.9. The number of carbonyl (C=O) groups excluding carboxylic acids is 1. The SMILES string of the molecule is N[C@@H](CCC(=O)O)C(=O)NC(Cc1c[nH]c2ccccc12)C(=O)O. The highest BCUT2D eigenvalue weighted by atomic mass is 16.4. The van der Waals surface area contributed by atoms with Gasteiger partial charge in [0.05, 0.1) is 6.04 Å². The van der Waals surface area contributed by atoms with Gasteiger partial charge in [0, 0.05) is 29.9 Å². The Hall–Kier alpha value is -2.87. The topological polar surface area (TPSA) is 146 Å². The van der Waals surface area contributed by atoms with E-state index in [4.69, 9.17) is 10.8 Å². The van der Waals surface area contributed by atoms with Gasteiger partial charge >= 0.3 is 11.9 Å². The number of aromatic amines is 1. The number of benzene rings is 1. The van der Waals surface area contributed by atoms with Gasteiger partial charge in [0.25, 0.3) is 0 Å². The first kappa shape index (κ1) is 17.5. The van der Waals surface area contributed by atoms with E-state index in [1.165, 1.54) is 0 Å². The number of carboxylic acids is 2. The van der Waals surface area contributed by atoms with E-state index in [2.05, 4.69) is 10.3 Å². The van der Waals surface area contributed by atoms with Crippen LogP contribution in [0, 0.1) is 0 Å². The number of amides is 1. The molecule has 0 aliphatic rings. The van der Waals surface area contributed by atoms with E-state index < -0.39 is 29.9 Å². The molecule has 0 fully saturated rings. The minimum atomic E-state index is -1.18. The summed E-state index contributed by atoms with van der Waals surface area (Å²) >= 11 is 0. The fourth-order valence-electron chi connectivity index (χ4n) is 2.41. The number of aromatic nitrogens is 1. The highest BCUT2D eigenvalue weighted by Crippen LogP contribution is 2.19. The normalized spacial score (nSPS) is 13.4. The summed E-state index contributed by atoms with van der Waals surface area (Å²) in [6.45, 7) is 0. The zero-order valence-electron chi connectivity index (χ0n) is 12.9. The van der Waals surface area contributed by atoms with Crippen molar-refractivity contribution in [2.45, 2.75) is 31.3 Å². The van der Waals surface area contributed by atoms with E-state index in [1.807, 2.05) is 24.3 Å². The van der Waals surface area contributed by atoms with Gasteiger partial charge < -0.3 is 26.2 Å². The number of carboxylic acid groups (broad SMARTS) is 2. The van der Waals surface area contributed by atoms with Crippen LogP contribution in [0.25, 0.3) is 10.9 Å². The third kappa shape index (κ3) is 4.32. The van der Waals surface area contributed by atoms with E-state index >= 15 is 0 Å². The highest BCUT2D eigenvalue weighted by molar-refractivity contribution is 5.88. The summed E-state index contributed by atoms with van der Waals surface area (Å²) < 4.78 is 0. The number of nitrogens with one attached hydrogen (secondary N) is 2. The highest BCUT2D eigenvalue weighted by Gasteiger charge is 2.24. The van der Waals surface area contributed by atoms with Crippen LogP contribution in [0.3, 0.4) is 0 Å². The molecule has 2 atom stereocenters. The maximum atomic E-state index is 12.0. The van der Waals surface area contributed by atoms with Crippen LogP contribution in [-0.4, -0.2) is 45.1 Å². The molecular formula is C16H19N3O5. The molecule has 8 nitrogen and oxygen atoms in total. The molecule has 1 amide bonds. The van der Waals surface area contributed by atoms with Crippen molar-refractivity contribution in [1.29, 1.82) is 0 Å². The van der Waals surface area contributed by atoms with Gasteiger partial charge in [0.2, 0.25) is 5.91 Å². The Balaban J connectivity index is 2.05. The zero-order chi connectivity index (χ0) is 17.7. The molecule has 2 aromatic rings. The van der Waals surface area contributed by atoms with Crippen LogP contribution in [0.15, 0.2) is 30.5 Å². The Morgan fingerprint density at radius 1 is 1.21 bits per heavy atom. The van der Waals surface area contributed by atoms with Gasteiger partial charge in [0.1, 0.15) is 6.04 Å². The van der Waals surface area contributed by atoms with Crippen molar-refractivity contribution in [2.75, 3.05) is 0 Å². The lowest BCUT2D eigenvalue weighted by Gasteiger charge is -2.17. The fraction of sp³-hybridized carbons (Fsp3) is 0.312. The van der Waals surface area contributed by atoms with Gasteiger partial charge in [-0.3, -0.25) is 9.59 Å². The molecule has 2 rings (SSSR count). The number of fused-ring (bicyclic) bond motifs is 1. The monoisotopic (exact) mass is 333 g/mol. The molecule has 0 aliphatic heterocycles. The molecule has 0 saturated carbocycles. The largest absolute Gasteiger partial charge is 0.481 e. The van der Waals surface area contributed by atoms with E-state index in [-0.39, 0.29) is 19.3 Å². The summed E-state index contributed by atoms with van der Waals surface area (Å²) in [6, 6.07) is 5.23. The van der Waals surface area contributed by atoms with Crippen LogP contribution in [0.1, 0.15) is 18.4 Å². The van der Waals surface area contributed by atoms with Crippen molar-refractivity contribution >= 4 is 28.7 Å². The lowest BCUT2D eigenvalue weighted by Crippen LogP contribution is -2.49. The van der Waals surface area contributed by atoms with Gasteiger partial charge in [-0.1, -0.05) is 18.2 Å². The lowest BCUT2D eigenvalue weighted by atomic mass is 10.0. The van der Waals surface area contributed by atoms with Gasteiger partial charge in [-0.2, -0.15) is 0 Å². The Morgan fingerprint density at radius 3 is 2.58 bits per heavy atom. The van der Waals surface area contributed by atoms with Crippen molar-refractivity contribution < 1.29 is 24.6 Å². The summed E-state index contributed by atoms with van der Waals surface area (Å²) in [5, 5.41) is 21.2. The number of nitrogens with two attached hydrogens (primary N) is 1. The molecule has 24 heavy (non-hydrogen) atoms. The van der Waals surface area contributed by atoms with Crippen LogP contribution >= 0.6 is 0 Å². The molecule has 1 aromatic heterocycles. The van der Waals surface area contributed by atoms with Gasteiger partial charge in [0.15, 0.2) is 0 Å². The van der Waals surface area contributed by atoms with E-state index in [0.717, 1.165) is 16.5 Å². The minimum Gasteiger partial charge on any atom is -0.481 e. The Labute approximate surface area is 137 Å². The number of rotatable bonds is 8. The van der Waals surface area contributed by atoms with Crippen molar-refractivity contribution in [1.82, 2.24) is 10.3 Å². The Morgan fingerprint density at radius 2 is 1.92 bits per heavy atom. The van der Waals surface area contributed by atoms with Crippen molar-refractivity contribution in [3.63, 3.8) is 0 Å².